The van der Waals surface area contributed by atoms with Crippen LogP contribution in [-0.4, -0.2) is 17.0 Å². The van der Waals surface area contributed by atoms with Crippen LogP contribution in [0.25, 0.3) is 0 Å². The molecule has 0 radical (unpaired) electrons. The molecule has 0 saturated carbocycles. The van der Waals surface area contributed by atoms with E-state index in [2.05, 4.69) is 0 Å². The van der Waals surface area contributed by atoms with Gasteiger partial charge in [-0.25, -0.2) is 0 Å². The Hall–Kier alpha value is -0.370. The van der Waals surface area contributed by atoms with Gasteiger partial charge in [0.1, 0.15) is 6.29 Å². The van der Waals surface area contributed by atoms with Crippen LogP contribution < -0.4 is 0 Å². The summed E-state index contributed by atoms with van der Waals surface area (Å²) in [6.07, 6.45) is 4.91. The van der Waals surface area contributed by atoms with Crippen LogP contribution in [0.5, 0.6) is 0 Å². The fraction of sp³-hybridized carbons (Fsp3) is 0.917. The number of hydrogen-bond acceptors (Lipinski definition) is 2. The molecule has 0 aliphatic carbocycles. The van der Waals surface area contributed by atoms with Gasteiger partial charge < -0.3 is 9.90 Å². The lowest BCUT2D eigenvalue weighted by Crippen LogP contribution is -2.47. The topological polar surface area (TPSA) is 37.3 Å². The third kappa shape index (κ3) is 2.57. The summed E-state index contributed by atoms with van der Waals surface area (Å²) in [4.78, 5) is 11.1. The number of aliphatic hydroxyl groups is 1. The van der Waals surface area contributed by atoms with E-state index in [9.17, 15) is 9.90 Å². The molecule has 0 rings (SSSR count). The molecular weight excluding hydrogens is 176 g/mol. The van der Waals surface area contributed by atoms with Gasteiger partial charge in [-0.05, 0) is 19.3 Å². The Morgan fingerprint density at radius 2 is 1.64 bits per heavy atom. The molecule has 2 unspecified atom stereocenters. The average Bonchev–Trinajstić information content (AvgIpc) is 2.18. The van der Waals surface area contributed by atoms with Crippen molar-refractivity contribution in [2.24, 2.45) is 5.41 Å². The first-order valence-corrected chi connectivity index (χ1v) is 5.68. The summed E-state index contributed by atoms with van der Waals surface area (Å²) in [7, 11) is 0. The SMILES string of the molecule is CCCC(C)(C=O)C(O)(CC)CCC. The van der Waals surface area contributed by atoms with E-state index in [1.54, 1.807) is 0 Å². The van der Waals surface area contributed by atoms with E-state index in [0.717, 1.165) is 25.5 Å². The number of aldehydes is 1. The molecule has 2 nitrogen and oxygen atoms in total. The third-order valence-electron chi connectivity index (χ3n) is 3.34. The van der Waals surface area contributed by atoms with Crippen molar-refractivity contribution in [3.05, 3.63) is 0 Å². The Morgan fingerprint density at radius 3 is 1.93 bits per heavy atom. The third-order valence-corrected chi connectivity index (χ3v) is 3.34. The minimum atomic E-state index is -0.820. The molecule has 0 bridgehead atoms. The molecule has 2 heteroatoms. The molecule has 14 heavy (non-hydrogen) atoms. The summed E-state index contributed by atoms with van der Waals surface area (Å²) in [5.74, 6) is 0. The fourth-order valence-corrected chi connectivity index (χ4v) is 2.20. The van der Waals surface area contributed by atoms with E-state index in [-0.39, 0.29) is 0 Å². The van der Waals surface area contributed by atoms with Gasteiger partial charge in [-0.1, -0.05) is 40.5 Å². The van der Waals surface area contributed by atoms with Gasteiger partial charge in [0.2, 0.25) is 0 Å². The summed E-state index contributed by atoms with van der Waals surface area (Å²) in [6, 6.07) is 0. The molecule has 1 N–H and O–H groups in total. The van der Waals surface area contributed by atoms with Crippen LogP contribution in [-0.2, 0) is 4.79 Å². The second-order valence-electron chi connectivity index (χ2n) is 4.42. The molecule has 0 fully saturated rings. The van der Waals surface area contributed by atoms with E-state index in [1.165, 1.54) is 0 Å². The van der Waals surface area contributed by atoms with Gasteiger partial charge >= 0.3 is 0 Å². The van der Waals surface area contributed by atoms with Crippen LogP contribution in [0, 0.1) is 5.41 Å². The molecule has 0 aromatic rings. The lowest BCUT2D eigenvalue weighted by Gasteiger charge is -2.41. The maximum Gasteiger partial charge on any atom is 0.128 e. The fourth-order valence-electron chi connectivity index (χ4n) is 2.20. The Labute approximate surface area is 87.7 Å². The lowest BCUT2D eigenvalue weighted by atomic mass is 9.68. The van der Waals surface area contributed by atoms with E-state index in [0.29, 0.717) is 12.8 Å². The zero-order chi connectivity index (χ0) is 11.2. The standard InChI is InChI=1S/C12H24O2/c1-5-8-11(4,10-13)12(14,7-3)9-6-2/h10,14H,5-9H2,1-4H3. The molecule has 0 heterocycles. The predicted octanol–water partition coefficient (Wildman–Crippen LogP) is 2.93. The second kappa shape index (κ2) is 5.50. The normalized spacial score (nSPS) is 19.8. The minimum Gasteiger partial charge on any atom is -0.389 e. The number of carbonyl (C=O) groups is 1. The Morgan fingerprint density at radius 1 is 1.14 bits per heavy atom. The van der Waals surface area contributed by atoms with E-state index in [1.807, 2.05) is 27.7 Å². The smallest absolute Gasteiger partial charge is 0.128 e. The minimum absolute atomic E-state index is 0.577. The number of rotatable bonds is 7. The van der Waals surface area contributed by atoms with Gasteiger partial charge in [-0.3, -0.25) is 0 Å². The molecule has 0 aromatic carbocycles. The molecule has 0 aliphatic rings. The molecule has 0 aromatic heterocycles. The molecule has 0 amide bonds. The quantitative estimate of drug-likeness (QED) is 0.641. The molecule has 0 aliphatic heterocycles. The van der Waals surface area contributed by atoms with Crippen molar-refractivity contribution in [2.45, 2.75) is 65.4 Å². The van der Waals surface area contributed by atoms with Crippen molar-refractivity contribution >= 4 is 6.29 Å². The number of hydrogen-bond donors (Lipinski definition) is 1. The van der Waals surface area contributed by atoms with Crippen LogP contribution in [0.4, 0.5) is 0 Å². The highest BCUT2D eigenvalue weighted by Gasteiger charge is 2.43. The summed E-state index contributed by atoms with van der Waals surface area (Å²) in [6.45, 7) is 7.91. The van der Waals surface area contributed by atoms with Crippen LogP contribution >= 0.6 is 0 Å². The summed E-state index contributed by atoms with van der Waals surface area (Å²) in [5.41, 5.74) is -1.40. The van der Waals surface area contributed by atoms with E-state index >= 15 is 0 Å². The van der Waals surface area contributed by atoms with Crippen molar-refractivity contribution in [3.8, 4) is 0 Å². The second-order valence-corrected chi connectivity index (χ2v) is 4.42. The Kier molecular flexibility index (Phi) is 5.35. The van der Waals surface area contributed by atoms with Crippen LogP contribution in [0.2, 0.25) is 0 Å². The van der Waals surface area contributed by atoms with Crippen molar-refractivity contribution in [2.75, 3.05) is 0 Å². The van der Waals surface area contributed by atoms with Gasteiger partial charge in [0.15, 0.2) is 0 Å². The highest BCUT2D eigenvalue weighted by Crippen LogP contribution is 2.39. The highest BCUT2D eigenvalue weighted by atomic mass is 16.3. The zero-order valence-corrected chi connectivity index (χ0v) is 9.97. The molecular formula is C12H24O2. The maximum absolute atomic E-state index is 11.1. The van der Waals surface area contributed by atoms with Crippen LogP contribution in [0.15, 0.2) is 0 Å². The first-order valence-electron chi connectivity index (χ1n) is 5.68. The number of carbonyl (C=O) groups excluding carboxylic acids is 1. The van der Waals surface area contributed by atoms with Gasteiger partial charge in [0.25, 0.3) is 0 Å². The van der Waals surface area contributed by atoms with E-state index < -0.39 is 11.0 Å². The van der Waals surface area contributed by atoms with Gasteiger partial charge in [0, 0.05) is 0 Å². The van der Waals surface area contributed by atoms with Crippen LogP contribution in [0.3, 0.4) is 0 Å². The van der Waals surface area contributed by atoms with Crippen LogP contribution in [0.1, 0.15) is 59.8 Å². The van der Waals surface area contributed by atoms with Gasteiger partial charge in [-0.2, -0.15) is 0 Å². The zero-order valence-electron chi connectivity index (χ0n) is 9.97. The summed E-state index contributed by atoms with van der Waals surface area (Å²) < 4.78 is 0. The highest BCUT2D eigenvalue weighted by molar-refractivity contribution is 5.61. The van der Waals surface area contributed by atoms with Gasteiger partial charge in [-0.15, -0.1) is 0 Å². The first-order chi connectivity index (χ1) is 6.49. The maximum atomic E-state index is 11.1. The van der Waals surface area contributed by atoms with Crippen molar-refractivity contribution < 1.29 is 9.90 Å². The van der Waals surface area contributed by atoms with Crippen molar-refractivity contribution in [1.29, 1.82) is 0 Å². The molecule has 0 saturated heterocycles. The van der Waals surface area contributed by atoms with Gasteiger partial charge in [0.05, 0.1) is 11.0 Å². The van der Waals surface area contributed by atoms with Crippen molar-refractivity contribution in [3.63, 3.8) is 0 Å². The largest absolute Gasteiger partial charge is 0.389 e. The monoisotopic (exact) mass is 200 g/mol. The molecule has 0 spiro atoms. The molecule has 2 atom stereocenters. The Bertz CT molecular complexity index is 179. The lowest BCUT2D eigenvalue weighted by molar-refractivity contribution is -0.137. The predicted molar refractivity (Wildman–Crippen MR) is 59.2 cm³/mol. The summed E-state index contributed by atoms with van der Waals surface area (Å²) in [5, 5.41) is 10.4. The summed E-state index contributed by atoms with van der Waals surface area (Å²) >= 11 is 0. The average molecular weight is 200 g/mol. The Balaban J connectivity index is 4.82. The molecule has 84 valence electrons. The van der Waals surface area contributed by atoms with Crippen molar-refractivity contribution in [1.82, 2.24) is 0 Å². The van der Waals surface area contributed by atoms with E-state index in [4.69, 9.17) is 0 Å². The first kappa shape index (κ1) is 13.6.